The average Bonchev–Trinajstić information content (AvgIpc) is 2.88. The number of ether oxygens (including phenoxy) is 1. The van der Waals surface area contributed by atoms with Crippen LogP contribution in [0.2, 0.25) is 0 Å². The van der Waals surface area contributed by atoms with Crippen molar-refractivity contribution >= 4 is 5.97 Å². The van der Waals surface area contributed by atoms with Gasteiger partial charge in [-0.1, -0.05) is 13.0 Å². The van der Waals surface area contributed by atoms with E-state index in [2.05, 4.69) is 13.8 Å². The van der Waals surface area contributed by atoms with E-state index in [1.807, 2.05) is 20.1 Å². The summed E-state index contributed by atoms with van der Waals surface area (Å²) in [7, 11) is 0. The van der Waals surface area contributed by atoms with E-state index in [0.717, 1.165) is 30.6 Å². The Morgan fingerprint density at radius 2 is 2.17 bits per heavy atom. The van der Waals surface area contributed by atoms with Crippen molar-refractivity contribution in [1.82, 2.24) is 0 Å². The van der Waals surface area contributed by atoms with Gasteiger partial charge in [-0.3, -0.25) is 0 Å². The van der Waals surface area contributed by atoms with E-state index in [9.17, 15) is 9.90 Å². The second-order valence-electron chi connectivity index (χ2n) is 8.04. The molecule has 0 spiro atoms. The molecule has 1 N–H and O–H groups in total. The highest BCUT2D eigenvalue weighted by atomic mass is 16.6. The number of hydrogen-bond acceptors (Lipinski definition) is 4. The van der Waals surface area contributed by atoms with Crippen molar-refractivity contribution in [2.45, 2.75) is 72.0 Å². The van der Waals surface area contributed by atoms with E-state index in [0.29, 0.717) is 12.0 Å². The lowest BCUT2D eigenvalue weighted by Crippen LogP contribution is -2.60. The van der Waals surface area contributed by atoms with E-state index in [4.69, 9.17) is 9.15 Å². The first kappa shape index (κ1) is 17.3. The fourth-order valence-electron chi connectivity index (χ4n) is 4.56. The Morgan fingerprint density at radius 1 is 1.46 bits per heavy atom. The number of carbonyl (C=O) groups excluding carboxylic acids is 1. The summed E-state index contributed by atoms with van der Waals surface area (Å²) in [4.78, 5) is 12.2. The summed E-state index contributed by atoms with van der Waals surface area (Å²) in [5.41, 5.74) is 1.87. The largest absolute Gasteiger partial charge is 0.469 e. The molecule has 1 aromatic rings. The van der Waals surface area contributed by atoms with Gasteiger partial charge in [-0.15, -0.1) is 0 Å². The molecule has 0 amide bonds. The summed E-state index contributed by atoms with van der Waals surface area (Å²) in [6, 6.07) is 0. The molecule has 4 nitrogen and oxygen atoms in total. The molecule has 0 unspecified atom stereocenters. The minimum atomic E-state index is -1.04. The number of fused-ring (bicyclic) bond motifs is 2. The van der Waals surface area contributed by atoms with Crippen LogP contribution in [0.3, 0.4) is 0 Å². The molecule has 4 atom stereocenters. The number of rotatable bonds is 2. The van der Waals surface area contributed by atoms with Crippen LogP contribution in [-0.2, 0) is 22.4 Å². The van der Waals surface area contributed by atoms with Crippen LogP contribution in [0.15, 0.2) is 22.3 Å². The van der Waals surface area contributed by atoms with Gasteiger partial charge in [0.2, 0.25) is 0 Å². The topological polar surface area (TPSA) is 59.7 Å². The molecule has 0 aromatic carbocycles. The predicted molar refractivity (Wildman–Crippen MR) is 91.6 cm³/mol. The van der Waals surface area contributed by atoms with Gasteiger partial charge in [-0.25, -0.2) is 4.79 Å². The zero-order valence-electron chi connectivity index (χ0n) is 15.3. The molecule has 0 aliphatic heterocycles. The molecule has 0 saturated heterocycles. The van der Waals surface area contributed by atoms with Crippen LogP contribution >= 0.6 is 0 Å². The lowest BCUT2D eigenvalue weighted by Gasteiger charge is -2.54. The first-order chi connectivity index (χ1) is 11.2. The van der Waals surface area contributed by atoms with Gasteiger partial charge in [0.05, 0.1) is 6.26 Å². The fourth-order valence-corrected chi connectivity index (χ4v) is 4.56. The average molecular weight is 332 g/mol. The molecule has 4 heteroatoms. The van der Waals surface area contributed by atoms with Crippen LogP contribution in [0.25, 0.3) is 0 Å². The lowest BCUT2D eigenvalue weighted by atomic mass is 9.54. The van der Waals surface area contributed by atoms with Crippen LogP contribution < -0.4 is 0 Å². The molecule has 24 heavy (non-hydrogen) atoms. The minimum absolute atomic E-state index is 0.0284. The number of aryl methyl sites for hydroxylation is 1. The van der Waals surface area contributed by atoms with Crippen molar-refractivity contribution in [3.63, 3.8) is 0 Å². The van der Waals surface area contributed by atoms with Gasteiger partial charge in [0, 0.05) is 17.9 Å². The monoisotopic (exact) mass is 332 g/mol. The number of hydrogen-bond donors (Lipinski definition) is 1. The van der Waals surface area contributed by atoms with Gasteiger partial charge in [0.15, 0.2) is 0 Å². The summed E-state index contributed by atoms with van der Waals surface area (Å²) in [6.07, 6.45) is 6.30. The summed E-state index contributed by atoms with van der Waals surface area (Å²) in [5.74, 6) is 0.774. The van der Waals surface area contributed by atoms with E-state index < -0.39 is 11.7 Å². The van der Waals surface area contributed by atoms with Crippen molar-refractivity contribution in [3.8, 4) is 0 Å². The van der Waals surface area contributed by atoms with Gasteiger partial charge in [-0.05, 0) is 63.5 Å². The number of furan rings is 1. The molecule has 1 heterocycles. The first-order valence-electron chi connectivity index (χ1n) is 8.81. The molecule has 0 bridgehead atoms. The standard InChI is InChI=1S/C20H28O4/c1-6-12(2)18(21)24-17-7-8-19(4)10-15-14(13(3)11-23-15)9-16(19)20(17,5)22/h6,11,16-17,22H,7-10H2,1-5H3/t16-,17-,19-,20+/m1/s1. The molecule has 1 fully saturated rings. The summed E-state index contributed by atoms with van der Waals surface area (Å²) in [5, 5.41) is 11.3. The first-order valence-corrected chi connectivity index (χ1v) is 8.81. The van der Waals surface area contributed by atoms with E-state index in [1.54, 1.807) is 13.0 Å². The molecule has 3 rings (SSSR count). The van der Waals surface area contributed by atoms with E-state index in [-0.39, 0.29) is 17.3 Å². The van der Waals surface area contributed by atoms with Crippen LogP contribution in [0.1, 0.15) is 57.4 Å². The van der Waals surface area contributed by atoms with Crippen LogP contribution in [0.4, 0.5) is 0 Å². The molecule has 1 saturated carbocycles. The highest BCUT2D eigenvalue weighted by molar-refractivity contribution is 5.87. The third kappa shape index (κ3) is 2.61. The van der Waals surface area contributed by atoms with Crippen molar-refractivity contribution in [2.75, 3.05) is 0 Å². The normalized spacial score (nSPS) is 36.0. The quantitative estimate of drug-likeness (QED) is 0.662. The predicted octanol–water partition coefficient (Wildman–Crippen LogP) is 3.73. The minimum Gasteiger partial charge on any atom is -0.469 e. The van der Waals surface area contributed by atoms with Gasteiger partial charge < -0.3 is 14.3 Å². The number of carbonyl (C=O) groups is 1. The summed E-state index contributed by atoms with van der Waals surface area (Å²) >= 11 is 0. The second-order valence-corrected chi connectivity index (χ2v) is 8.04. The SMILES string of the molecule is CC=C(C)C(=O)O[C@@H]1CC[C@]2(C)Cc3occ(C)c3C[C@H]2[C@]1(C)O. The molecule has 2 aliphatic carbocycles. The van der Waals surface area contributed by atoms with E-state index in [1.165, 1.54) is 5.56 Å². The molecule has 1 aromatic heterocycles. The van der Waals surface area contributed by atoms with Gasteiger partial charge in [0.25, 0.3) is 0 Å². The Kier molecular flexibility index (Phi) is 4.15. The Hall–Kier alpha value is -1.55. The smallest absolute Gasteiger partial charge is 0.333 e. The van der Waals surface area contributed by atoms with Crippen molar-refractivity contribution in [1.29, 1.82) is 0 Å². The van der Waals surface area contributed by atoms with Crippen molar-refractivity contribution in [2.24, 2.45) is 11.3 Å². The van der Waals surface area contributed by atoms with Gasteiger partial charge in [0.1, 0.15) is 17.5 Å². The lowest BCUT2D eigenvalue weighted by molar-refractivity contribution is -0.195. The van der Waals surface area contributed by atoms with Gasteiger partial charge >= 0.3 is 5.97 Å². The highest BCUT2D eigenvalue weighted by Gasteiger charge is 2.56. The maximum Gasteiger partial charge on any atom is 0.333 e. The maximum atomic E-state index is 12.2. The van der Waals surface area contributed by atoms with Crippen molar-refractivity contribution in [3.05, 3.63) is 34.8 Å². The van der Waals surface area contributed by atoms with Crippen LogP contribution in [0.5, 0.6) is 0 Å². The molecule has 0 radical (unpaired) electrons. The number of aliphatic hydroxyl groups is 1. The Balaban J connectivity index is 1.88. The fraction of sp³-hybridized carbons (Fsp3) is 0.650. The second kappa shape index (κ2) is 5.76. The third-order valence-electron chi connectivity index (χ3n) is 6.34. The Bertz CT molecular complexity index is 682. The summed E-state index contributed by atoms with van der Waals surface area (Å²) < 4.78 is 11.4. The Labute approximate surface area is 143 Å². The number of allylic oxidation sites excluding steroid dienone is 1. The number of esters is 1. The molecule has 132 valence electrons. The Morgan fingerprint density at radius 3 is 2.83 bits per heavy atom. The molecular weight excluding hydrogens is 304 g/mol. The zero-order valence-corrected chi connectivity index (χ0v) is 15.3. The van der Waals surface area contributed by atoms with Crippen molar-refractivity contribution < 1.29 is 19.1 Å². The molecule has 2 aliphatic rings. The van der Waals surface area contributed by atoms with Gasteiger partial charge in [-0.2, -0.15) is 0 Å². The summed E-state index contributed by atoms with van der Waals surface area (Å²) in [6.45, 7) is 9.67. The maximum absolute atomic E-state index is 12.2. The zero-order chi connectivity index (χ0) is 17.7. The van der Waals surface area contributed by atoms with Crippen LogP contribution in [0, 0.1) is 18.3 Å². The highest BCUT2D eigenvalue weighted by Crippen LogP contribution is 2.54. The molecular formula is C20H28O4. The van der Waals surface area contributed by atoms with E-state index >= 15 is 0 Å². The van der Waals surface area contributed by atoms with Crippen LogP contribution in [-0.4, -0.2) is 22.8 Å². The third-order valence-corrected chi connectivity index (χ3v) is 6.34.